The second kappa shape index (κ2) is 6.04. The molecule has 1 aromatic heterocycles. The van der Waals surface area contributed by atoms with Crippen LogP contribution in [0.4, 0.5) is 0 Å². The first-order valence-electron chi connectivity index (χ1n) is 6.31. The highest BCUT2D eigenvalue weighted by Gasteiger charge is 2.16. The van der Waals surface area contributed by atoms with Crippen LogP contribution in [0.25, 0.3) is 0 Å². The molecule has 0 bridgehead atoms. The summed E-state index contributed by atoms with van der Waals surface area (Å²) in [6, 6.07) is 5.20. The van der Waals surface area contributed by atoms with Crippen LogP contribution in [0.15, 0.2) is 33.0 Å². The lowest BCUT2D eigenvalue weighted by Gasteiger charge is -2.12. The number of methoxy groups -OCH3 is 1. The van der Waals surface area contributed by atoms with Crippen molar-refractivity contribution in [1.82, 2.24) is 14.8 Å². The SMILES string of the molecule is COc1ccc(C(=N)N)c(Sc2n[nH]c(=O)n2C(C)C)c1. The zero-order valence-electron chi connectivity index (χ0n) is 12.0. The number of hydrogen-bond acceptors (Lipinski definition) is 5. The highest BCUT2D eigenvalue weighted by Crippen LogP contribution is 2.32. The smallest absolute Gasteiger partial charge is 0.344 e. The van der Waals surface area contributed by atoms with E-state index in [9.17, 15) is 4.79 Å². The molecule has 0 unspecified atom stereocenters. The van der Waals surface area contributed by atoms with E-state index in [1.165, 1.54) is 11.8 Å². The van der Waals surface area contributed by atoms with Gasteiger partial charge in [0.25, 0.3) is 0 Å². The van der Waals surface area contributed by atoms with E-state index in [4.69, 9.17) is 15.9 Å². The number of nitrogens with zero attached hydrogens (tertiary/aromatic N) is 2. The second-order valence-corrected chi connectivity index (χ2v) is 5.66. The van der Waals surface area contributed by atoms with E-state index >= 15 is 0 Å². The Hall–Kier alpha value is -2.22. The average molecular weight is 307 g/mol. The van der Waals surface area contributed by atoms with Crippen molar-refractivity contribution in [1.29, 1.82) is 5.41 Å². The zero-order chi connectivity index (χ0) is 15.6. The molecule has 8 heteroatoms. The number of rotatable bonds is 5. The number of aromatic amines is 1. The van der Waals surface area contributed by atoms with Crippen molar-refractivity contribution in [3.05, 3.63) is 34.2 Å². The first kappa shape index (κ1) is 15.2. The van der Waals surface area contributed by atoms with Gasteiger partial charge in [0.2, 0.25) is 0 Å². The number of nitrogen functional groups attached to an aromatic ring is 1. The molecular formula is C13H17N5O2S. The molecule has 0 saturated carbocycles. The summed E-state index contributed by atoms with van der Waals surface area (Å²) in [6.45, 7) is 3.80. The van der Waals surface area contributed by atoms with E-state index in [0.717, 1.165) is 0 Å². The van der Waals surface area contributed by atoms with Gasteiger partial charge in [-0.1, -0.05) is 0 Å². The Labute approximate surface area is 126 Å². The van der Waals surface area contributed by atoms with Gasteiger partial charge in [-0.25, -0.2) is 9.89 Å². The zero-order valence-corrected chi connectivity index (χ0v) is 12.8. The Kier molecular flexibility index (Phi) is 4.37. The molecule has 0 spiro atoms. The van der Waals surface area contributed by atoms with Gasteiger partial charge >= 0.3 is 5.69 Å². The van der Waals surface area contributed by atoms with Crippen LogP contribution in [0.1, 0.15) is 25.5 Å². The fourth-order valence-electron chi connectivity index (χ4n) is 1.85. The lowest BCUT2D eigenvalue weighted by atomic mass is 10.2. The molecule has 7 nitrogen and oxygen atoms in total. The predicted octanol–water partition coefficient (Wildman–Crippen LogP) is 1.60. The number of benzene rings is 1. The van der Waals surface area contributed by atoms with Crippen molar-refractivity contribution >= 4 is 17.6 Å². The summed E-state index contributed by atoms with van der Waals surface area (Å²) in [5.74, 6) is 0.602. The third-order valence-electron chi connectivity index (χ3n) is 2.87. The molecule has 112 valence electrons. The molecule has 1 aromatic carbocycles. The second-order valence-electron chi connectivity index (χ2n) is 4.65. The Morgan fingerprint density at radius 1 is 1.52 bits per heavy atom. The molecule has 0 fully saturated rings. The van der Waals surface area contributed by atoms with E-state index in [1.54, 1.807) is 29.9 Å². The Bertz CT molecular complexity index is 720. The summed E-state index contributed by atoms with van der Waals surface area (Å²) in [6.07, 6.45) is 0. The first-order chi connectivity index (χ1) is 9.93. The molecule has 0 aliphatic carbocycles. The average Bonchev–Trinajstić information content (AvgIpc) is 2.79. The van der Waals surface area contributed by atoms with Gasteiger partial charge in [0, 0.05) is 16.5 Å². The van der Waals surface area contributed by atoms with Crippen LogP contribution in [0, 0.1) is 5.41 Å². The quantitative estimate of drug-likeness (QED) is 0.574. The third kappa shape index (κ3) is 3.10. The molecule has 0 aliphatic heterocycles. The minimum atomic E-state index is -0.264. The lowest BCUT2D eigenvalue weighted by molar-refractivity contribution is 0.413. The molecule has 21 heavy (non-hydrogen) atoms. The van der Waals surface area contributed by atoms with E-state index in [-0.39, 0.29) is 17.6 Å². The number of amidine groups is 1. The van der Waals surface area contributed by atoms with Gasteiger partial charge in [-0.05, 0) is 43.8 Å². The number of H-pyrrole nitrogens is 1. The Morgan fingerprint density at radius 2 is 2.24 bits per heavy atom. The topological polar surface area (TPSA) is 110 Å². The van der Waals surface area contributed by atoms with E-state index in [0.29, 0.717) is 21.4 Å². The first-order valence-corrected chi connectivity index (χ1v) is 7.13. The minimum Gasteiger partial charge on any atom is -0.497 e. The maximum absolute atomic E-state index is 11.8. The van der Waals surface area contributed by atoms with Gasteiger partial charge in [-0.3, -0.25) is 9.98 Å². The molecule has 0 radical (unpaired) electrons. The summed E-state index contributed by atoms with van der Waals surface area (Å²) >= 11 is 1.27. The molecule has 0 atom stereocenters. The van der Waals surface area contributed by atoms with Gasteiger partial charge in [0.1, 0.15) is 11.6 Å². The van der Waals surface area contributed by atoms with Gasteiger partial charge < -0.3 is 10.5 Å². The van der Waals surface area contributed by atoms with Crippen molar-refractivity contribution in [2.24, 2.45) is 5.73 Å². The molecule has 4 N–H and O–H groups in total. The molecule has 1 heterocycles. The van der Waals surface area contributed by atoms with Gasteiger partial charge in [0.05, 0.1) is 7.11 Å². The molecule has 0 saturated heterocycles. The van der Waals surface area contributed by atoms with Crippen molar-refractivity contribution in [3.63, 3.8) is 0 Å². The summed E-state index contributed by atoms with van der Waals surface area (Å²) in [7, 11) is 1.57. The van der Waals surface area contributed by atoms with Crippen LogP contribution in [0.3, 0.4) is 0 Å². The highest BCUT2D eigenvalue weighted by molar-refractivity contribution is 7.99. The van der Waals surface area contributed by atoms with Crippen molar-refractivity contribution in [2.45, 2.75) is 29.9 Å². The predicted molar refractivity (Wildman–Crippen MR) is 81.4 cm³/mol. The number of ether oxygens (including phenoxy) is 1. The minimum absolute atomic E-state index is 0.0230. The third-order valence-corrected chi connectivity index (χ3v) is 3.90. The van der Waals surface area contributed by atoms with Crippen LogP contribution < -0.4 is 16.2 Å². The monoisotopic (exact) mass is 307 g/mol. The highest BCUT2D eigenvalue weighted by atomic mass is 32.2. The largest absolute Gasteiger partial charge is 0.497 e. The van der Waals surface area contributed by atoms with Gasteiger partial charge in [-0.15, -0.1) is 5.10 Å². The summed E-state index contributed by atoms with van der Waals surface area (Å²) in [4.78, 5) is 12.5. The number of hydrogen-bond donors (Lipinski definition) is 3. The summed E-state index contributed by atoms with van der Waals surface area (Å²) in [5, 5.41) is 14.6. The van der Waals surface area contributed by atoms with Crippen LogP contribution in [-0.2, 0) is 0 Å². The number of nitrogens with one attached hydrogen (secondary N) is 2. The molecule has 0 aliphatic rings. The summed E-state index contributed by atoms with van der Waals surface area (Å²) in [5.41, 5.74) is 5.91. The summed E-state index contributed by atoms with van der Waals surface area (Å²) < 4.78 is 6.74. The Morgan fingerprint density at radius 3 is 2.81 bits per heavy atom. The van der Waals surface area contributed by atoms with E-state index in [1.807, 2.05) is 13.8 Å². The van der Waals surface area contributed by atoms with Crippen molar-refractivity contribution in [3.8, 4) is 5.75 Å². The number of aromatic nitrogens is 3. The van der Waals surface area contributed by atoms with E-state index in [2.05, 4.69) is 10.2 Å². The fourth-order valence-corrected chi connectivity index (χ4v) is 3.00. The van der Waals surface area contributed by atoms with Crippen LogP contribution in [0.5, 0.6) is 5.75 Å². The molecule has 0 amide bonds. The maximum Gasteiger partial charge on any atom is 0.344 e. The van der Waals surface area contributed by atoms with Crippen molar-refractivity contribution in [2.75, 3.05) is 7.11 Å². The molecule has 2 rings (SSSR count). The standard InChI is InChI=1S/C13H17N5O2S/c1-7(2)18-12(19)16-17-13(18)21-10-6-8(20-3)4-5-9(10)11(14)15/h4-7H,1-3H3,(H3,14,15)(H,16,19). The van der Waals surface area contributed by atoms with Crippen LogP contribution >= 0.6 is 11.8 Å². The van der Waals surface area contributed by atoms with Crippen molar-refractivity contribution < 1.29 is 4.74 Å². The van der Waals surface area contributed by atoms with E-state index < -0.39 is 0 Å². The normalized spacial score (nSPS) is 10.9. The van der Waals surface area contributed by atoms with Gasteiger partial charge in [-0.2, -0.15) is 0 Å². The number of nitrogens with two attached hydrogens (primary N) is 1. The maximum atomic E-state index is 11.8. The molecular weight excluding hydrogens is 290 g/mol. The lowest BCUT2D eigenvalue weighted by Crippen LogP contribution is -2.19. The van der Waals surface area contributed by atoms with Gasteiger partial charge in [0.15, 0.2) is 5.16 Å². The fraction of sp³-hybridized carbons (Fsp3) is 0.308. The van der Waals surface area contributed by atoms with Crippen LogP contribution in [0.2, 0.25) is 0 Å². The Balaban J connectivity index is 2.48. The van der Waals surface area contributed by atoms with Crippen LogP contribution in [-0.4, -0.2) is 27.7 Å². The molecule has 2 aromatic rings.